The quantitative estimate of drug-likeness (QED) is 0.902. The van der Waals surface area contributed by atoms with Gasteiger partial charge in [-0.25, -0.2) is 4.68 Å². The molecule has 1 aromatic heterocycles. The minimum Gasteiger partial charge on any atom is -0.339 e. The molecule has 3 rings (SSSR count). The van der Waals surface area contributed by atoms with Gasteiger partial charge in [-0.2, -0.15) is 0 Å². The maximum Gasteiger partial charge on any atom is 0.255 e. The number of benzene rings is 1. The van der Waals surface area contributed by atoms with Crippen molar-refractivity contribution in [2.45, 2.75) is 18.9 Å². The fourth-order valence-electron chi connectivity index (χ4n) is 2.65. The van der Waals surface area contributed by atoms with Crippen LogP contribution in [0.15, 0.2) is 24.5 Å². The molecule has 2 aromatic rings. The fraction of sp³-hybridized carbons (Fsp3) is 0.429. The van der Waals surface area contributed by atoms with Crippen LogP contribution < -0.4 is 5.32 Å². The van der Waals surface area contributed by atoms with Crippen molar-refractivity contribution in [3.8, 4) is 5.69 Å². The van der Waals surface area contributed by atoms with Gasteiger partial charge in [0.15, 0.2) is 0 Å². The lowest BCUT2D eigenvalue weighted by atomic mass is 10.0. The Labute approximate surface area is 145 Å². The summed E-state index contributed by atoms with van der Waals surface area (Å²) < 4.78 is 1.50. The summed E-state index contributed by atoms with van der Waals surface area (Å²) in [6, 6.07) is 5.45. The molecule has 1 N–H and O–H groups in total. The van der Waals surface area contributed by atoms with Crippen molar-refractivity contribution >= 4 is 29.9 Å². The van der Waals surface area contributed by atoms with E-state index in [-0.39, 0.29) is 24.4 Å². The molecule has 0 saturated carbocycles. The third-order valence-electron chi connectivity index (χ3n) is 3.97. The van der Waals surface area contributed by atoms with Gasteiger partial charge in [0, 0.05) is 13.1 Å². The van der Waals surface area contributed by atoms with E-state index in [1.807, 2.05) is 7.05 Å². The normalized spacial score (nSPS) is 15.0. The van der Waals surface area contributed by atoms with Crippen LogP contribution in [0.4, 0.5) is 0 Å². The van der Waals surface area contributed by atoms with Crippen molar-refractivity contribution < 1.29 is 4.79 Å². The Morgan fingerprint density at radius 3 is 2.74 bits per heavy atom. The number of piperidine rings is 1. The molecule has 0 aliphatic carbocycles. The second-order valence-electron chi connectivity index (χ2n) is 5.32. The minimum atomic E-state index is -0.0554. The number of amides is 1. The summed E-state index contributed by atoms with van der Waals surface area (Å²) >= 11 is 6.28. The molecule has 0 unspecified atom stereocenters. The van der Waals surface area contributed by atoms with E-state index < -0.39 is 0 Å². The second-order valence-corrected chi connectivity index (χ2v) is 5.72. The predicted molar refractivity (Wildman–Crippen MR) is 89.4 cm³/mol. The summed E-state index contributed by atoms with van der Waals surface area (Å²) in [5, 5.41) is 14.7. The molecular formula is C14H18Cl2N6O. The van der Waals surface area contributed by atoms with Gasteiger partial charge in [0.05, 0.1) is 16.3 Å². The highest BCUT2D eigenvalue weighted by molar-refractivity contribution is 6.34. The van der Waals surface area contributed by atoms with E-state index in [1.54, 1.807) is 23.1 Å². The van der Waals surface area contributed by atoms with Gasteiger partial charge in [-0.3, -0.25) is 4.79 Å². The molecule has 1 fully saturated rings. The van der Waals surface area contributed by atoms with Gasteiger partial charge < -0.3 is 10.2 Å². The molecule has 2 heterocycles. The molecule has 9 heteroatoms. The first-order chi connectivity index (χ1) is 10.7. The largest absolute Gasteiger partial charge is 0.339 e. The van der Waals surface area contributed by atoms with Gasteiger partial charge in [0.25, 0.3) is 5.91 Å². The third kappa shape index (κ3) is 3.80. The number of halogens is 2. The van der Waals surface area contributed by atoms with Crippen LogP contribution in [0.3, 0.4) is 0 Å². The molecule has 0 spiro atoms. The summed E-state index contributed by atoms with van der Waals surface area (Å²) in [4.78, 5) is 14.4. The van der Waals surface area contributed by atoms with E-state index in [0.717, 1.165) is 31.6 Å². The molecule has 1 saturated heterocycles. The van der Waals surface area contributed by atoms with E-state index in [2.05, 4.69) is 20.8 Å². The van der Waals surface area contributed by atoms with E-state index in [1.165, 1.54) is 11.0 Å². The number of hydrogen-bond donors (Lipinski definition) is 1. The average molecular weight is 357 g/mol. The predicted octanol–water partition coefficient (Wildman–Crippen LogP) is 1.56. The van der Waals surface area contributed by atoms with Crippen molar-refractivity contribution in [1.29, 1.82) is 0 Å². The van der Waals surface area contributed by atoms with Crippen molar-refractivity contribution in [1.82, 2.24) is 30.4 Å². The molecule has 0 atom stereocenters. The zero-order chi connectivity index (χ0) is 15.5. The first-order valence-corrected chi connectivity index (χ1v) is 7.55. The lowest BCUT2D eigenvalue weighted by Gasteiger charge is -2.31. The first kappa shape index (κ1) is 17.7. The lowest BCUT2D eigenvalue weighted by Crippen LogP contribution is -2.44. The van der Waals surface area contributed by atoms with Crippen LogP contribution in [-0.2, 0) is 0 Å². The number of hydrogen-bond acceptors (Lipinski definition) is 5. The smallest absolute Gasteiger partial charge is 0.255 e. The van der Waals surface area contributed by atoms with Crippen LogP contribution in [0.2, 0.25) is 5.02 Å². The molecule has 1 aliphatic rings. The summed E-state index contributed by atoms with van der Waals surface area (Å²) in [5.41, 5.74) is 1.22. The van der Waals surface area contributed by atoms with Crippen molar-refractivity contribution in [3.63, 3.8) is 0 Å². The highest BCUT2D eigenvalue weighted by atomic mass is 35.5. The minimum absolute atomic E-state index is 0. The summed E-state index contributed by atoms with van der Waals surface area (Å²) in [5.74, 6) is -0.0554. The molecule has 124 valence electrons. The van der Waals surface area contributed by atoms with Gasteiger partial charge >= 0.3 is 0 Å². The SMILES string of the molecule is CN(C(=O)c1ccc(-n2cnnn2)cc1Cl)C1CCNCC1.Cl. The fourth-order valence-corrected chi connectivity index (χ4v) is 2.90. The molecule has 23 heavy (non-hydrogen) atoms. The number of carbonyl (C=O) groups excluding carboxylic acids is 1. The van der Waals surface area contributed by atoms with Gasteiger partial charge in [-0.1, -0.05) is 11.6 Å². The van der Waals surface area contributed by atoms with Crippen LogP contribution in [0.25, 0.3) is 5.69 Å². The average Bonchev–Trinajstić information content (AvgIpc) is 3.09. The summed E-state index contributed by atoms with van der Waals surface area (Å²) in [6.45, 7) is 1.88. The van der Waals surface area contributed by atoms with Crippen molar-refractivity contribution in [3.05, 3.63) is 35.1 Å². The molecule has 0 bridgehead atoms. The van der Waals surface area contributed by atoms with Crippen molar-refractivity contribution in [2.24, 2.45) is 0 Å². The standard InChI is InChI=1S/C14H17ClN6O.ClH/c1-20(10-4-6-16-7-5-10)14(22)12-3-2-11(8-13(12)15)21-9-17-18-19-21;/h2-3,8-10,16H,4-7H2,1H3;1H. The number of nitrogens with zero attached hydrogens (tertiary/aromatic N) is 5. The number of nitrogens with one attached hydrogen (secondary N) is 1. The Morgan fingerprint density at radius 1 is 1.39 bits per heavy atom. The Balaban J connectivity index is 0.00000192. The lowest BCUT2D eigenvalue weighted by molar-refractivity contribution is 0.0703. The van der Waals surface area contributed by atoms with Crippen LogP contribution >= 0.6 is 24.0 Å². The van der Waals surface area contributed by atoms with Gasteiger partial charge in [-0.05, 0) is 54.6 Å². The van der Waals surface area contributed by atoms with E-state index in [0.29, 0.717) is 10.6 Å². The van der Waals surface area contributed by atoms with E-state index in [4.69, 9.17) is 11.6 Å². The third-order valence-corrected chi connectivity index (χ3v) is 4.29. The zero-order valence-electron chi connectivity index (χ0n) is 12.6. The highest BCUT2D eigenvalue weighted by Gasteiger charge is 2.24. The number of aromatic nitrogens is 4. The van der Waals surface area contributed by atoms with Crippen molar-refractivity contribution in [2.75, 3.05) is 20.1 Å². The maximum absolute atomic E-state index is 12.6. The molecule has 1 amide bonds. The highest BCUT2D eigenvalue weighted by Crippen LogP contribution is 2.23. The van der Waals surface area contributed by atoms with Gasteiger partial charge in [-0.15, -0.1) is 17.5 Å². The number of carbonyl (C=O) groups is 1. The zero-order valence-corrected chi connectivity index (χ0v) is 14.2. The monoisotopic (exact) mass is 356 g/mol. The van der Waals surface area contributed by atoms with Crippen LogP contribution in [-0.4, -0.2) is 57.2 Å². The van der Waals surface area contributed by atoms with Crippen LogP contribution in [0.5, 0.6) is 0 Å². The Bertz CT molecular complexity index is 657. The van der Waals surface area contributed by atoms with Crippen LogP contribution in [0, 0.1) is 0 Å². The topological polar surface area (TPSA) is 75.9 Å². The van der Waals surface area contributed by atoms with E-state index in [9.17, 15) is 4.79 Å². The maximum atomic E-state index is 12.6. The Hall–Kier alpha value is -1.70. The Kier molecular flexibility index (Phi) is 5.92. The molecule has 1 aromatic carbocycles. The first-order valence-electron chi connectivity index (χ1n) is 7.17. The molecule has 1 aliphatic heterocycles. The number of tetrazole rings is 1. The number of rotatable bonds is 3. The van der Waals surface area contributed by atoms with Crippen LogP contribution in [0.1, 0.15) is 23.2 Å². The van der Waals surface area contributed by atoms with Gasteiger partial charge in [0.1, 0.15) is 6.33 Å². The molecular weight excluding hydrogens is 339 g/mol. The second kappa shape index (κ2) is 7.72. The van der Waals surface area contributed by atoms with Gasteiger partial charge in [0.2, 0.25) is 0 Å². The Morgan fingerprint density at radius 2 is 2.13 bits per heavy atom. The molecule has 7 nitrogen and oxygen atoms in total. The summed E-state index contributed by atoms with van der Waals surface area (Å²) in [6.07, 6.45) is 3.40. The summed E-state index contributed by atoms with van der Waals surface area (Å²) in [7, 11) is 1.84. The van der Waals surface area contributed by atoms with E-state index >= 15 is 0 Å². The molecule has 0 radical (unpaired) electrons.